The molecule has 0 spiro atoms. The van der Waals surface area contributed by atoms with E-state index in [1.54, 1.807) is 24.3 Å². The lowest BCUT2D eigenvalue weighted by Crippen LogP contribution is -2.56. The van der Waals surface area contributed by atoms with Gasteiger partial charge in [-0.25, -0.2) is 10.0 Å². The molecule has 3 aliphatic heterocycles. The molecule has 4 aromatic rings. The molecule has 3 fully saturated rings. The number of carbonyl (C=O) groups excluding carboxylic acids is 4. The Morgan fingerprint density at radius 2 is 0.951 bits per heavy atom. The molecule has 82 heavy (non-hydrogen) atoms. The number of benzene rings is 4. The fraction of sp³-hybridized carbons (Fsp3) is 0.562. The quantitative estimate of drug-likeness (QED) is 0.0656. The van der Waals surface area contributed by atoms with Crippen LogP contribution in [0.5, 0.6) is 11.5 Å². The maximum absolute atomic E-state index is 13.9. The summed E-state index contributed by atoms with van der Waals surface area (Å²) in [4.78, 5) is 54.4. The van der Waals surface area contributed by atoms with Crippen molar-refractivity contribution in [1.29, 1.82) is 0 Å². The van der Waals surface area contributed by atoms with Crippen molar-refractivity contribution in [2.45, 2.75) is 198 Å². The SMILES string of the molecule is CC.Cc1cc(C)cc(C(=O)N(NC(=O)c2ccc(B3OC(C)(C)C(C)(C)O3)c(OCCOC3CCCCO3)c2C)C(C)(C)C)c1.Cc1cc(C)cc(C(=O)N(NC(=O)c2ccc(Br)c(OCCOC3CCCCO3)c2C)C(C)(C)C)c1. The van der Waals surface area contributed by atoms with Crippen molar-refractivity contribution in [3.8, 4) is 11.5 Å². The molecule has 4 aromatic carbocycles. The molecule has 2 atom stereocenters. The topological polar surface area (TPSA) is 173 Å². The van der Waals surface area contributed by atoms with Crippen molar-refractivity contribution >= 4 is 52.1 Å². The number of hydrogen-bond donors (Lipinski definition) is 2. The van der Waals surface area contributed by atoms with E-state index >= 15 is 0 Å². The Hall–Kier alpha value is -5.34. The van der Waals surface area contributed by atoms with Crippen LogP contribution < -0.4 is 25.8 Å². The molecular formula is C64H92BBrN4O12. The molecule has 450 valence electrons. The van der Waals surface area contributed by atoms with Crippen LogP contribution in [-0.4, -0.2) is 115 Å². The van der Waals surface area contributed by atoms with Crippen LogP contribution in [0, 0.1) is 41.5 Å². The Kier molecular flexibility index (Phi) is 24.2. The van der Waals surface area contributed by atoms with E-state index in [0.717, 1.165) is 71.9 Å². The van der Waals surface area contributed by atoms with Crippen molar-refractivity contribution < 1.29 is 56.9 Å². The molecule has 3 aliphatic rings. The molecule has 0 radical (unpaired) electrons. The van der Waals surface area contributed by atoms with Gasteiger partial charge in [-0.3, -0.25) is 30.0 Å². The zero-order chi connectivity index (χ0) is 60.9. The zero-order valence-corrected chi connectivity index (χ0v) is 53.7. The lowest BCUT2D eigenvalue weighted by Gasteiger charge is -2.36. The first-order chi connectivity index (χ1) is 38.5. The van der Waals surface area contributed by atoms with Crippen molar-refractivity contribution in [2.24, 2.45) is 0 Å². The number of rotatable bonds is 15. The third-order valence-electron chi connectivity index (χ3n) is 14.4. The van der Waals surface area contributed by atoms with Gasteiger partial charge in [0.1, 0.15) is 24.7 Å². The Morgan fingerprint density at radius 3 is 1.33 bits per heavy atom. The van der Waals surface area contributed by atoms with Crippen molar-refractivity contribution in [3.63, 3.8) is 0 Å². The van der Waals surface area contributed by atoms with E-state index in [9.17, 15) is 19.2 Å². The van der Waals surface area contributed by atoms with E-state index in [2.05, 4.69) is 26.8 Å². The third kappa shape index (κ3) is 18.1. The first kappa shape index (κ1) is 67.5. The van der Waals surface area contributed by atoms with Gasteiger partial charge < -0.3 is 37.7 Å². The van der Waals surface area contributed by atoms with Gasteiger partial charge >= 0.3 is 7.12 Å². The summed E-state index contributed by atoms with van der Waals surface area (Å²) in [6.45, 7) is 37.4. The number of ether oxygens (including phenoxy) is 6. The number of amides is 4. The van der Waals surface area contributed by atoms with Gasteiger partial charge in [-0.2, -0.15) is 0 Å². The molecule has 0 aliphatic carbocycles. The normalized spacial score (nSPS) is 17.5. The standard InChI is InChI=1S/C34H49BN2O7.C28H37BrN2O5.C2H6/c1-22-19-23(2)21-25(20-22)31(39)37(32(4,5)6)36-30(38)26-14-15-27(35-43-33(7,8)34(9,10)44-35)29(24(26)3)42-18-17-41-28-13-11-12-16-40-28;1-18-15-19(2)17-21(16-18)27(33)31(28(4,5)6)30-26(32)22-10-11-23(29)25(20(22)3)36-14-13-35-24-9-7-8-12-34-24;1-2/h14-15,19-21,28H,11-13,16-18H2,1-10H3,(H,36,38);10-11,15-17,24H,7-9,12-14H2,1-6H3,(H,30,32);1-2H3. The van der Waals surface area contributed by atoms with Gasteiger partial charge in [0, 0.05) is 52.1 Å². The molecular weight excluding hydrogens is 1110 g/mol. The molecule has 0 aromatic heterocycles. The number of halogens is 1. The maximum Gasteiger partial charge on any atom is 0.498 e. The van der Waals surface area contributed by atoms with E-state index in [1.807, 2.05) is 161 Å². The van der Waals surface area contributed by atoms with Crippen LogP contribution >= 0.6 is 15.9 Å². The summed E-state index contributed by atoms with van der Waals surface area (Å²) in [5.74, 6) is -0.304. The van der Waals surface area contributed by atoms with E-state index in [4.69, 9.17) is 37.7 Å². The zero-order valence-electron chi connectivity index (χ0n) is 52.2. The van der Waals surface area contributed by atoms with Crippen LogP contribution in [0.4, 0.5) is 0 Å². The molecule has 16 nitrogen and oxygen atoms in total. The van der Waals surface area contributed by atoms with Gasteiger partial charge in [0.25, 0.3) is 23.6 Å². The van der Waals surface area contributed by atoms with Gasteiger partial charge in [-0.05, 0) is 208 Å². The van der Waals surface area contributed by atoms with Gasteiger partial charge in [0.15, 0.2) is 12.6 Å². The smallest absolute Gasteiger partial charge is 0.491 e. The van der Waals surface area contributed by atoms with Crippen LogP contribution in [-0.2, 0) is 28.3 Å². The lowest BCUT2D eigenvalue weighted by atomic mass is 9.76. The largest absolute Gasteiger partial charge is 0.498 e. The molecule has 2 unspecified atom stereocenters. The summed E-state index contributed by atoms with van der Waals surface area (Å²) in [6, 6.07) is 18.4. The highest BCUT2D eigenvalue weighted by molar-refractivity contribution is 9.10. The van der Waals surface area contributed by atoms with Crippen molar-refractivity contribution in [3.05, 3.63) is 121 Å². The average molecular weight is 1200 g/mol. The fourth-order valence-electron chi connectivity index (χ4n) is 9.54. The molecule has 0 saturated carbocycles. The number of aryl methyl sites for hydroxylation is 4. The van der Waals surface area contributed by atoms with E-state index < -0.39 is 35.3 Å². The minimum absolute atomic E-state index is 0.179. The number of hydrogen-bond acceptors (Lipinski definition) is 12. The Bertz CT molecular complexity index is 2780. The van der Waals surface area contributed by atoms with Gasteiger partial charge in [-0.1, -0.05) is 54.3 Å². The van der Waals surface area contributed by atoms with E-state index in [0.29, 0.717) is 76.8 Å². The minimum atomic E-state index is -0.696. The Morgan fingerprint density at radius 1 is 0.573 bits per heavy atom. The summed E-state index contributed by atoms with van der Waals surface area (Å²) in [5, 5.41) is 2.78. The van der Waals surface area contributed by atoms with Gasteiger partial charge in [0.05, 0.1) is 40.0 Å². The number of nitrogens with one attached hydrogen (secondary N) is 2. The Labute approximate surface area is 497 Å². The molecule has 4 amide bonds. The number of nitrogens with zero attached hydrogens (tertiary/aromatic N) is 2. The van der Waals surface area contributed by atoms with Crippen LogP contribution in [0.25, 0.3) is 0 Å². The highest BCUT2D eigenvalue weighted by Crippen LogP contribution is 2.38. The number of hydrazine groups is 2. The molecule has 3 heterocycles. The second-order valence-electron chi connectivity index (χ2n) is 24.1. The molecule has 7 rings (SSSR count). The highest BCUT2D eigenvalue weighted by atomic mass is 79.9. The molecule has 0 bridgehead atoms. The van der Waals surface area contributed by atoms with Crippen LogP contribution in [0.1, 0.15) is 196 Å². The van der Waals surface area contributed by atoms with Gasteiger partial charge in [0.2, 0.25) is 0 Å². The second kappa shape index (κ2) is 29.5. The average Bonchev–Trinajstić information content (AvgIpc) is 3.64. The summed E-state index contributed by atoms with van der Waals surface area (Å²) >= 11 is 3.52. The Balaban J connectivity index is 0.000000297. The summed E-state index contributed by atoms with van der Waals surface area (Å²) in [6.07, 6.45) is 5.64. The second-order valence-corrected chi connectivity index (χ2v) is 24.9. The number of carbonyl (C=O) groups is 4. The van der Waals surface area contributed by atoms with Crippen LogP contribution in [0.2, 0.25) is 0 Å². The lowest BCUT2D eigenvalue weighted by molar-refractivity contribution is -0.165. The van der Waals surface area contributed by atoms with E-state index in [-0.39, 0.29) is 36.9 Å². The predicted octanol–water partition coefficient (Wildman–Crippen LogP) is 12.3. The van der Waals surface area contributed by atoms with Crippen LogP contribution in [0.15, 0.2) is 65.1 Å². The maximum atomic E-state index is 13.9. The molecule has 3 saturated heterocycles. The van der Waals surface area contributed by atoms with E-state index in [1.165, 1.54) is 10.0 Å². The minimum Gasteiger partial charge on any atom is -0.491 e. The highest BCUT2D eigenvalue weighted by Gasteiger charge is 2.53. The van der Waals surface area contributed by atoms with Gasteiger partial charge in [-0.15, -0.1) is 0 Å². The first-order valence-electron chi connectivity index (χ1n) is 29.0. The van der Waals surface area contributed by atoms with Crippen LogP contribution in [0.3, 0.4) is 0 Å². The molecule has 2 N–H and O–H groups in total. The van der Waals surface area contributed by atoms with Crippen molar-refractivity contribution in [2.75, 3.05) is 39.6 Å². The summed E-state index contributed by atoms with van der Waals surface area (Å²) < 4.78 is 48.6. The summed E-state index contributed by atoms with van der Waals surface area (Å²) in [7, 11) is -0.689. The summed E-state index contributed by atoms with van der Waals surface area (Å²) in [5.41, 5.74) is 11.0. The third-order valence-corrected chi connectivity index (χ3v) is 15.1. The van der Waals surface area contributed by atoms with Crippen molar-refractivity contribution in [1.82, 2.24) is 20.9 Å². The monoisotopic (exact) mass is 1200 g/mol. The fourth-order valence-corrected chi connectivity index (χ4v) is 10.1. The predicted molar refractivity (Wildman–Crippen MR) is 326 cm³/mol. The molecule has 18 heteroatoms. The first-order valence-corrected chi connectivity index (χ1v) is 29.7.